The van der Waals surface area contributed by atoms with Gasteiger partial charge in [-0.3, -0.25) is 4.90 Å². The molecule has 2 aromatic carbocycles. The van der Waals surface area contributed by atoms with Crippen LogP contribution in [0.25, 0.3) is 5.69 Å². The number of ether oxygens (including phenoxy) is 1. The summed E-state index contributed by atoms with van der Waals surface area (Å²) < 4.78 is 9.41. The third-order valence-corrected chi connectivity index (χ3v) is 5.75. The smallest absolute Gasteiger partial charge is 0.221 e. The number of hydrogen-bond donors (Lipinski definition) is 0. The first-order chi connectivity index (χ1) is 14.0. The Labute approximate surface area is 176 Å². The van der Waals surface area contributed by atoms with E-state index in [0.717, 1.165) is 43.2 Å². The number of aryl methyl sites for hydroxylation is 2. The van der Waals surface area contributed by atoms with Gasteiger partial charge in [-0.2, -0.15) is 4.68 Å². The van der Waals surface area contributed by atoms with Crippen molar-refractivity contribution in [3.63, 3.8) is 0 Å². The molecule has 3 aromatic rings. The summed E-state index contributed by atoms with van der Waals surface area (Å²) in [4.78, 5) is 4.75. The van der Waals surface area contributed by atoms with Crippen molar-refractivity contribution in [2.24, 2.45) is 0 Å². The molecule has 7 nitrogen and oxygen atoms in total. The van der Waals surface area contributed by atoms with Crippen LogP contribution in [-0.4, -0.2) is 58.0 Å². The molecule has 0 N–H and O–H groups in total. The SMILES string of the molecule is COc1ccc(N2CCN(Cn3nnn(-c4ccc(C)cc4C)c3=S)CC2)cc1. The molecule has 152 valence electrons. The number of methoxy groups -OCH3 is 1. The lowest BCUT2D eigenvalue weighted by Gasteiger charge is -2.35. The van der Waals surface area contributed by atoms with Crippen molar-refractivity contribution in [3.8, 4) is 11.4 Å². The van der Waals surface area contributed by atoms with E-state index in [0.29, 0.717) is 11.4 Å². The molecule has 8 heteroatoms. The molecule has 0 spiro atoms. The number of tetrazole rings is 1. The maximum atomic E-state index is 5.64. The molecule has 4 rings (SSSR count). The largest absolute Gasteiger partial charge is 0.497 e. The second kappa shape index (κ2) is 8.34. The summed E-state index contributed by atoms with van der Waals surface area (Å²) in [5, 5.41) is 8.60. The third-order valence-electron chi connectivity index (χ3n) is 5.36. The standard InChI is InChI=1S/C21H26N6OS/c1-16-4-9-20(17(2)14-16)27-21(29)26(22-23-27)15-24-10-12-25(13-11-24)18-5-7-19(28-3)8-6-18/h4-9,14H,10-13,15H2,1-3H3. The molecule has 29 heavy (non-hydrogen) atoms. The van der Waals surface area contributed by atoms with Gasteiger partial charge in [0.15, 0.2) is 0 Å². The van der Waals surface area contributed by atoms with Crippen LogP contribution in [0, 0.1) is 18.6 Å². The van der Waals surface area contributed by atoms with Gasteiger partial charge in [0.25, 0.3) is 0 Å². The predicted octanol–water partition coefficient (Wildman–Crippen LogP) is 3.20. The van der Waals surface area contributed by atoms with Gasteiger partial charge in [-0.25, -0.2) is 4.68 Å². The minimum atomic E-state index is 0.620. The maximum Gasteiger partial charge on any atom is 0.221 e. The molecule has 1 aliphatic heterocycles. The Hall–Kier alpha value is -2.71. The fourth-order valence-electron chi connectivity index (χ4n) is 3.69. The van der Waals surface area contributed by atoms with Gasteiger partial charge >= 0.3 is 0 Å². The molecular formula is C21H26N6OS. The minimum absolute atomic E-state index is 0.620. The van der Waals surface area contributed by atoms with Crippen LogP contribution in [0.2, 0.25) is 0 Å². The quantitative estimate of drug-likeness (QED) is 0.602. The zero-order valence-electron chi connectivity index (χ0n) is 17.1. The average molecular weight is 411 g/mol. The Morgan fingerprint density at radius 3 is 2.34 bits per heavy atom. The molecule has 0 unspecified atom stereocenters. The van der Waals surface area contributed by atoms with Crippen molar-refractivity contribution < 1.29 is 4.74 Å². The second-order valence-corrected chi connectivity index (χ2v) is 7.77. The Morgan fingerprint density at radius 1 is 0.966 bits per heavy atom. The zero-order chi connectivity index (χ0) is 20.4. The topological polar surface area (TPSA) is 51.4 Å². The Balaban J connectivity index is 1.41. The lowest BCUT2D eigenvalue weighted by atomic mass is 10.1. The van der Waals surface area contributed by atoms with Crippen LogP contribution in [0.3, 0.4) is 0 Å². The maximum absolute atomic E-state index is 5.64. The fraction of sp³-hybridized carbons (Fsp3) is 0.381. The molecule has 0 amide bonds. The molecule has 2 heterocycles. The van der Waals surface area contributed by atoms with Crippen LogP contribution in [-0.2, 0) is 6.67 Å². The summed E-state index contributed by atoms with van der Waals surface area (Å²) in [6.45, 7) is 8.63. The van der Waals surface area contributed by atoms with E-state index in [1.165, 1.54) is 11.3 Å². The Kier molecular flexibility index (Phi) is 5.64. The van der Waals surface area contributed by atoms with Gasteiger partial charge in [0.2, 0.25) is 4.77 Å². The molecule has 0 saturated carbocycles. The predicted molar refractivity (Wildman–Crippen MR) is 116 cm³/mol. The Morgan fingerprint density at radius 2 is 1.69 bits per heavy atom. The number of benzene rings is 2. The van der Waals surface area contributed by atoms with Crippen LogP contribution < -0.4 is 9.64 Å². The molecule has 1 aromatic heterocycles. The summed E-state index contributed by atoms with van der Waals surface area (Å²) in [5.74, 6) is 0.883. The first-order valence-corrected chi connectivity index (χ1v) is 10.2. The molecular weight excluding hydrogens is 384 g/mol. The summed E-state index contributed by atoms with van der Waals surface area (Å²) in [6.07, 6.45) is 0. The number of aromatic nitrogens is 4. The van der Waals surface area contributed by atoms with Gasteiger partial charge < -0.3 is 9.64 Å². The minimum Gasteiger partial charge on any atom is -0.497 e. The molecule has 0 radical (unpaired) electrons. The molecule has 0 atom stereocenters. The normalized spacial score (nSPS) is 14.9. The number of hydrogen-bond acceptors (Lipinski definition) is 6. The van der Waals surface area contributed by atoms with E-state index in [1.54, 1.807) is 16.5 Å². The van der Waals surface area contributed by atoms with Gasteiger partial charge in [-0.05, 0) is 72.4 Å². The fourth-order valence-corrected chi connectivity index (χ4v) is 3.92. The van der Waals surface area contributed by atoms with Crippen molar-refractivity contribution in [1.29, 1.82) is 0 Å². The second-order valence-electron chi connectivity index (χ2n) is 7.41. The van der Waals surface area contributed by atoms with E-state index < -0.39 is 0 Å². The summed E-state index contributed by atoms with van der Waals surface area (Å²) in [6, 6.07) is 14.5. The molecule has 1 saturated heterocycles. The van der Waals surface area contributed by atoms with Gasteiger partial charge in [0.05, 0.1) is 19.5 Å². The highest BCUT2D eigenvalue weighted by molar-refractivity contribution is 7.71. The van der Waals surface area contributed by atoms with E-state index in [-0.39, 0.29) is 0 Å². The molecule has 0 aliphatic carbocycles. The Bertz CT molecular complexity index is 1030. The van der Waals surface area contributed by atoms with Crippen LogP contribution in [0.1, 0.15) is 11.1 Å². The summed E-state index contributed by atoms with van der Waals surface area (Å²) >= 11 is 5.64. The zero-order valence-corrected chi connectivity index (χ0v) is 17.9. The van der Waals surface area contributed by atoms with Gasteiger partial charge in [0.1, 0.15) is 5.75 Å². The van der Waals surface area contributed by atoms with Gasteiger partial charge in [-0.15, -0.1) is 0 Å². The highest BCUT2D eigenvalue weighted by Gasteiger charge is 2.19. The van der Waals surface area contributed by atoms with Crippen molar-refractivity contribution in [2.45, 2.75) is 20.5 Å². The van der Waals surface area contributed by atoms with Gasteiger partial charge in [0, 0.05) is 31.9 Å². The highest BCUT2D eigenvalue weighted by Crippen LogP contribution is 2.21. The van der Waals surface area contributed by atoms with E-state index in [2.05, 4.69) is 58.3 Å². The van der Waals surface area contributed by atoms with Crippen molar-refractivity contribution in [1.82, 2.24) is 24.7 Å². The van der Waals surface area contributed by atoms with Gasteiger partial charge in [-0.1, -0.05) is 17.7 Å². The molecule has 1 aliphatic rings. The number of piperazine rings is 1. The van der Waals surface area contributed by atoms with Crippen molar-refractivity contribution >= 4 is 17.9 Å². The average Bonchev–Trinajstić information content (AvgIpc) is 3.09. The van der Waals surface area contributed by atoms with E-state index in [9.17, 15) is 0 Å². The lowest BCUT2D eigenvalue weighted by Crippen LogP contribution is -2.47. The van der Waals surface area contributed by atoms with E-state index in [1.807, 2.05) is 18.2 Å². The highest BCUT2D eigenvalue weighted by atomic mass is 32.1. The first-order valence-electron chi connectivity index (χ1n) is 9.77. The van der Waals surface area contributed by atoms with Crippen LogP contribution in [0.15, 0.2) is 42.5 Å². The van der Waals surface area contributed by atoms with E-state index in [4.69, 9.17) is 17.0 Å². The molecule has 1 fully saturated rings. The third kappa shape index (κ3) is 4.18. The van der Waals surface area contributed by atoms with Crippen LogP contribution in [0.5, 0.6) is 5.75 Å². The monoisotopic (exact) mass is 410 g/mol. The number of anilines is 1. The summed E-state index contributed by atoms with van der Waals surface area (Å²) in [5.41, 5.74) is 4.57. The van der Waals surface area contributed by atoms with E-state index >= 15 is 0 Å². The number of nitrogens with zero attached hydrogens (tertiary/aromatic N) is 6. The van der Waals surface area contributed by atoms with Crippen molar-refractivity contribution in [3.05, 3.63) is 58.4 Å². The number of rotatable bonds is 5. The molecule has 0 bridgehead atoms. The van der Waals surface area contributed by atoms with Crippen molar-refractivity contribution in [2.75, 3.05) is 38.2 Å². The van der Waals surface area contributed by atoms with Crippen LogP contribution >= 0.6 is 12.2 Å². The lowest BCUT2D eigenvalue weighted by molar-refractivity contribution is 0.193. The van der Waals surface area contributed by atoms with Crippen LogP contribution in [0.4, 0.5) is 5.69 Å². The summed E-state index contributed by atoms with van der Waals surface area (Å²) in [7, 11) is 1.69. The first kappa shape index (κ1) is 19.6.